The third-order valence-electron chi connectivity index (χ3n) is 2.83. The van der Waals surface area contributed by atoms with Crippen LogP contribution in [0.4, 0.5) is 0 Å². The maximum Gasteiger partial charge on any atom is 0.255 e. The zero-order chi connectivity index (χ0) is 14.0. The molecule has 1 aliphatic rings. The predicted octanol–water partition coefficient (Wildman–Crippen LogP) is -0.242. The van der Waals surface area contributed by atoms with Gasteiger partial charge in [0.05, 0.1) is 18.7 Å². The maximum absolute atomic E-state index is 12.0. The maximum atomic E-state index is 12.0. The molecule has 0 unspecified atom stereocenters. The molecule has 6 heteroatoms. The second-order valence-corrected chi connectivity index (χ2v) is 4.94. The molecule has 1 saturated heterocycles. The molecule has 1 fully saturated rings. The Morgan fingerprint density at radius 2 is 1.95 bits per heavy atom. The first-order valence-electron chi connectivity index (χ1n) is 5.90. The highest BCUT2D eigenvalue weighted by atomic mass is 16.5. The van der Waals surface area contributed by atoms with Gasteiger partial charge in [0.15, 0.2) is 6.61 Å². The molecule has 0 spiro atoms. The lowest BCUT2D eigenvalue weighted by Gasteiger charge is -2.44. The second kappa shape index (κ2) is 4.89. The van der Waals surface area contributed by atoms with Crippen LogP contribution in [-0.2, 0) is 4.79 Å². The van der Waals surface area contributed by atoms with Crippen LogP contribution in [0.5, 0.6) is 5.75 Å². The summed E-state index contributed by atoms with van der Waals surface area (Å²) in [5.74, 6) is -0.207. The zero-order valence-corrected chi connectivity index (χ0v) is 10.6. The summed E-state index contributed by atoms with van der Waals surface area (Å²) in [6.07, 6.45) is 0. The van der Waals surface area contributed by atoms with Gasteiger partial charge < -0.3 is 20.5 Å². The van der Waals surface area contributed by atoms with Crippen LogP contribution < -0.4 is 10.5 Å². The molecule has 0 aliphatic carbocycles. The first kappa shape index (κ1) is 13.4. The first-order valence-corrected chi connectivity index (χ1v) is 5.90. The number of nitrogens with two attached hydrogens (primary N) is 1. The molecule has 0 atom stereocenters. The highest BCUT2D eigenvalue weighted by Gasteiger charge is 2.39. The lowest BCUT2D eigenvalue weighted by Crippen LogP contribution is -2.61. The van der Waals surface area contributed by atoms with Crippen molar-refractivity contribution in [1.29, 1.82) is 0 Å². The van der Waals surface area contributed by atoms with E-state index in [1.165, 1.54) is 0 Å². The topological polar surface area (TPSA) is 92.9 Å². The Morgan fingerprint density at radius 3 is 2.42 bits per heavy atom. The number of amides is 2. The van der Waals surface area contributed by atoms with Gasteiger partial charge in [-0.05, 0) is 31.2 Å². The number of hydrogen-bond donors (Lipinski definition) is 2. The fraction of sp³-hybridized carbons (Fsp3) is 0.385. The fourth-order valence-electron chi connectivity index (χ4n) is 1.95. The Kier molecular flexibility index (Phi) is 3.44. The summed E-state index contributed by atoms with van der Waals surface area (Å²) in [6, 6.07) is 6.44. The number of primary amides is 1. The fourth-order valence-corrected chi connectivity index (χ4v) is 1.95. The van der Waals surface area contributed by atoms with E-state index in [-0.39, 0.29) is 12.5 Å². The van der Waals surface area contributed by atoms with Gasteiger partial charge in [-0.2, -0.15) is 0 Å². The quantitative estimate of drug-likeness (QED) is 0.784. The van der Waals surface area contributed by atoms with E-state index in [0.717, 1.165) is 0 Å². The van der Waals surface area contributed by atoms with Crippen molar-refractivity contribution in [3.05, 3.63) is 29.8 Å². The lowest BCUT2D eigenvalue weighted by molar-refractivity contribution is -0.119. The number of ether oxygens (including phenoxy) is 1. The van der Waals surface area contributed by atoms with Crippen molar-refractivity contribution in [1.82, 2.24) is 4.90 Å². The van der Waals surface area contributed by atoms with Crippen molar-refractivity contribution < 1.29 is 19.4 Å². The number of rotatable bonds is 4. The summed E-state index contributed by atoms with van der Waals surface area (Å²) >= 11 is 0. The number of carbonyl (C=O) groups is 2. The Morgan fingerprint density at radius 1 is 1.37 bits per heavy atom. The molecule has 102 valence electrons. The van der Waals surface area contributed by atoms with Crippen molar-refractivity contribution in [2.24, 2.45) is 5.73 Å². The van der Waals surface area contributed by atoms with Gasteiger partial charge in [-0.3, -0.25) is 9.59 Å². The summed E-state index contributed by atoms with van der Waals surface area (Å²) in [7, 11) is 0. The van der Waals surface area contributed by atoms with E-state index >= 15 is 0 Å². The normalized spacial score (nSPS) is 16.6. The minimum Gasteiger partial charge on any atom is -0.484 e. The largest absolute Gasteiger partial charge is 0.484 e. The molecule has 19 heavy (non-hydrogen) atoms. The van der Waals surface area contributed by atoms with Crippen molar-refractivity contribution in [3.8, 4) is 5.75 Å². The van der Waals surface area contributed by atoms with Gasteiger partial charge in [0.2, 0.25) is 0 Å². The second-order valence-electron chi connectivity index (χ2n) is 4.94. The number of hydrogen-bond acceptors (Lipinski definition) is 4. The van der Waals surface area contributed by atoms with E-state index in [1.807, 2.05) is 0 Å². The van der Waals surface area contributed by atoms with Crippen LogP contribution in [-0.4, -0.2) is 47.1 Å². The van der Waals surface area contributed by atoms with Crippen LogP contribution in [0.3, 0.4) is 0 Å². The van der Waals surface area contributed by atoms with Gasteiger partial charge in [-0.1, -0.05) is 0 Å². The Hall–Kier alpha value is -2.08. The average Bonchev–Trinajstić information content (AvgIpc) is 2.33. The number of β-amino-alcohol motifs (C(OH)–C–C–N with tert-alkyl or cyclic N) is 1. The molecular formula is C13H16N2O4. The van der Waals surface area contributed by atoms with Crippen LogP contribution in [0.2, 0.25) is 0 Å². The average molecular weight is 264 g/mol. The van der Waals surface area contributed by atoms with Crippen LogP contribution >= 0.6 is 0 Å². The van der Waals surface area contributed by atoms with Crippen LogP contribution in [0, 0.1) is 0 Å². The molecule has 0 bridgehead atoms. The molecule has 1 aromatic rings. The monoisotopic (exact) mass is 264 g/mol. The highest BCUT2D eigenvalue weighted by Crippen LogP contribution is 2.22. The van der Waals surface area contributed by atoms with Crippen LogP contribution in [0.1, 0.15) is 17.3 Å². The van der Waals surface area contributed by atoms with Crippen LogP contribution in [0.15, 0.2) is 24.3 Å². The Bertz CT molecular complexity index is 488. The molecule has 0 saturated carbocycles. The standard InChI is InChI=1S/C13H16N2O4/c1-13(18)7-15(8-13)12(17)9-2-4-10(5-3-9)19-6-11(14)16/h2-5,18H,6-8H2,1H3,(H2,14,16). The van der Waals surface area contributed by atoms with Crippen LogP contribution in [0.25, 0.3) is 0 Å². The highest BCUT2D eigenvalue weighted by molar-refractivity contribution is 5.95. The summed E-state index contributed by atoms with van der Waals surface area (Å²) in [5, 5.41) is 9.59. The third kappa shape index (κ3) is 3.23. The van der Waals surface area contributed by atoms with E-state index in [9.17, 15) is 14.7 Å². The van der Waals surface area contributed by atoms with Gasteiger partial charge >= 0.3 is 0 Å². The molecule has 6 nitrogen and oxygen atoms in total. The number of nitrogens with zero attached hydrogens (tertiary/aromatic N) is 1. The number of benzene rings is 1. The van der Waals surface area contributed by atoms with Gasteiger partial charge in [-0.15, -0.1) is 0 Å². The molecule has 1 aliphatic heterocycles. The molecule has 1 heterocycles. The van der Waals surface area contributed by atoms with Gasteiger partial charge in [0, 0.05) is 5.56 Å². The van der Waals surface area contributed by atoms with Gasteiger partial charge in [0.25, 0.3) is 11.8 Å². The molecule has 0 aromatic heterocycles. The number of carbonyl (C=O) groups excluding carboxylic acids is 2. The molecule has 1 aromatic carbocycles. The van der Waals surface area contributed by atoms with E-state index in [0.29, 0.717) is 24.4 Å². The minimum atomic E-state index is -0.778. The molecule has 3 N–H and O–H groups in total. The van der Waals surface area contributed by atoms with Gasteiger partial charge in [0.1, 0.15) is 5.75 Å². The smallest absolute Gasteiger partial charge is 0.255 e. The molecular weight excluding hydrogens is 248 g/mol. The zero-order valence-electron chi connectivity index (χ0n) is 10.6. The lowest BCUT2D eigenvalue weighted by atomic mass is 9.96. The van der Waals surface area contributed by atoms with Crippen molar-refractivity contribution in [2.45, 2.75) is 12.5 Å². The first-order chi connectivity index (χ1) is 8.87. The summed E-state index contributed by atoms with van der Waals surface area (Å²) < 4.78 is 5.10. The van der Waals surface area contributed by atoms with E-state index in [1.54, 1.807) is 36.1 Å². The summed E-state index contributed by atoms with van der Waals surface area (Å²) in [6.45, 7) is 2.18. The molecule has 2 rings (SSSR count). The Labute approximate surface area is 110 Å². The van der Waals surface area contributed by atoms with E-state index < -0.39 is 11.5 Å². The van der Waals surface area contributed by atoms with Crippen molar-refractivity contribution in [3.63, 3.8) is 0 Å². The third-order valence-corrected chi connectivity index (χ3v) is 2.83. The minimum absolute atomic E-state index is 0.132. The predicted molar refractivity (Wildman–Crippen MR) is 67.7 cm³/mol. The SMILES string of the molecule is CC1(O)CN(C(=O)c2ccc(OCC(N)=O)cc2)C1. The van der Waals surface area contributed by atoms with Crippen molar-refractivity contribution in [2.75, 3.05) is 19.7 Å². The van der Waals surface area contributed by atoms with E-state index in [2.05, 4.69) is 0 Å². The van der Waals surface area contributed by atoms with Gasteiger partial charge in [-0.25, -0.2) is 0 Å². The number of aliphatic hydroxyl groups is 1. The summed E-state index contributed by atoms with van der Waals surface area (Å²) in [4.78, 5) is 24.1. The number of likely N-dealkylation sites (tertiary alicyclic amines) is 1. The van der Waals surface area contributed by atoms with E-state index in [4.69, 9.17) is 10.5 Å². The Balaban J connectivity index is 1.95. The van der Waals surface area contributed by atoms with Crippen molar-refractivity contribution >= 4 is 11.8 Å². The summed E-state index contributed by atoms with van der Waals surface area (Å²) in [5.41, 5.74) is 4.70. The molecule has 2 amide bonds. The molecule has 0 radical (unpaired) electrons.